The first-order valence-corrected chi connectivity index (χ1v) is 6.04. The van der Waals surface area contributed by atoms with Gasteiger partial charge < -0.3 is 15.4 Å². The van der Waals surface area contributed by atoms with Gasteiger partial charge in [0.15, 0.2) is 5.75 Å². The second-order valence-corrected chi connectivity index (χ2v) is 5.37. The van der Waals surface area contributed by atoms with Gasteiger partial charge in [-0.3, -0.25) is 0 Å². The lowest BCUT2D eigenvalue weighted by Crippen LogP contribution is -2.49. The molecule has 3 nitrogen and oxygen atoms in total. The molecule has 2 rings (SSSR count). The van der Waals surface area contributed by atoms with E-state index in [1.54, 1.807) is 13.1 Å². The molecule has 2 N–H and O–H groups in total. The summed E-state index contributed by atoms with van der Waals surface area (Å²) in [6.45, 7) is 4.11. The van der Waals surface area contributed by atoms with Crippen molar-refractivity contribution in [2.45, 2.75) is 32.8 Å². The third-order valence-corrected chi connectivity index (χ3v) is 3.34. The van der Waals surface area contributed by atoms with E-state index in [0.29, 0.717) is 12.1 Å². The lowest BCUT2D eigenvalue weighted by molar-refractivity contribution is -0.274. The van der Waals surface area contributed by atoms with Gasteiger partial charge in [0.2, 0.25) is 0 Å². The van der Waals surface area contributed by atoms with Gasteiger partial charge in [0.05, 0.1) is 11.9 Å². The average molecular weight is 274 g/mol. The lowest BCUT2D eigenvalue weighted by atomic mass is 9.79. The molecule has 0 spiro atoms. The number of rotatable bonds is 2. The highest BCUT2D eigenvalue weighted by molar-refractivity contribution is 5.64. The Morgan fingerprint density at radius 2 is 2.05 bits per heavy atom. The maximum atomic E-state index is 12.4. The first kappa shape index (κ1) is 14.0. The molecule has 0 aliphatic carbocycles. The first-order chi connectivity index (χ1) is 8.73. The Morgan fingerprint density at radius 3 is 2.63 bits per heavy atom. The summed E-state index contributed by atoms with van der Waals surface area (Å²) in [5, 5.41) is 6.17. The lowest BCUT2D eigenvalue weighted by Gasteiger charge is -2.41. The average Bonchev–Trinajstić information content (AvgIpc) is 2.25. The highest BCUT2D eigenvalue weighted by Gasteiger charge is 2.37. The summed E-state index contributed by atoms with van der Waals surface area (Å²) in [4.78, 5) is 0. The maximum Gasteiger partial charge on any atom is 0.573 e. The van der Waals surface area contributed by atoms with E-state index < -0.39 is 6.36 Å². The Bertz CT molecular complexity index is 471. The molecule has 0 radical (unpaired) electrons. The highest BCUT2D eigenvalue weighted by Crippen LogP contribution is 2.41. The Morgan fingerprint density at radius 1 is 1.37 bits per heavy atom. The van der Waals surface area contributed by atoms with Gasteiger partial charge in [-0.25, -0.2) is 0 Å². The van der Waals surface area contributed by atoms with E-state index in [0.717, 1.165) is 5.56 Å². The predicted octanol–water partition coefficient (Wildman–Crippen LogP) is 3.12. The first-order valence-electron chi connectivity index (χ1n) is 6.04. The smallest absolute Gasteiger partial charge is 0.404 e. The standard InChI is InChI=1S/C13H17F3N2O/c1-12(2)7-8-5-4-6-9(19-13(14,15)16)10(8)18-11(12)17-3/h4-6,11,17-18H,7H2,1-3H3. The number of para-hydroxylation sites is 1. The fourth-order valence-corrected chi connectivity index (χ4v) is 2.49. The normalized spacial score (nSPS) is 21.5. The van der Waals surface area contributed by atoms with Crippen molar-refractivity contribution in [2.24, 2.45) is 5.41 Å². The van der Waals surface area contributed by atoms with Crippen LogP contribution in [-0.2, 0) is 6.42 Å². The molecule has 0 aromatic heterocycles. The Hall–Kier alpha value is -1.43. The van der Waals surface area contributed by atoms with Crippen LogP contribution in [0.5, 0.6) is 5.75 Å². The van der Waals surface area contributed by atoms with Gasteiger partial charge in [-0.2, -0.15) is 0 Å². The molecule has 1 aromatic rings. The maximum absolute atomic E-state index is 12.4. The predicted molar refractivity (Wildman–Crippen MR) is 67.1 cm³/mol. The zero-order valence-corrected chi connectivity index (χ0v) is 11.1. The molecule has 1 aliphatic heterocycles. The van der Waals surface area contributed by atoms with E-state index in [1.165, 1.54) is 6.07 Å². The zero-order chi connectivity index (χ0) is 14.3. The summed E-state index contributed by atoms with van der Waals surface area (Å²) in [5.74, 6) is -0.180. The minimum Gasteiger partial charge on any atom is -0.404 e. The van der Waals surface area contributed by atoms with E-state index in [9.17, 15) is 13.2 Å². The fourth-order valence-electron chi connectivity index (χ4n) is 2.49. The van der Waals surface area contributed by atoms with Crippen LogP contribution in [-0.4, -0.2) is 19.6 Å². The summed E-state index contributed by atoms with van der Waals surface area (Å²) in [5.41, 5.74) is 1.15. The van der Waals surface area contributed by atoms with Crippen LogP contribution in [0, 0.1) is 5.41 Å². The van der Waals surface area contributed by atoms with Gasteiger partial charge in [-0.1, -0.05) is 26.0 Å². The number of fused-ring (bicyclic) bond motifs is 1. The molecule has 0 saturated heterocycles. The summed E-state index contributed by atoms with van der Waals surface area (Å²) < 4.78 is 41.2. The molecule has 19 heavy (non-hydrogen) atoms. The number of alkyl halides is 3. The third kappa shape index (κ3) is 2.94. The van der Waals surface area contributed by atoms with Crippen LogP contribution in [0.25, 0.3) is 0 Å². The van der Waals surface area contributed by atoms with Crippen LogP contribution in [0.4, 0.5) is 18.9 Å². The van der Waals surface area contributed by atoms with Gasteiger partial charge in [-0.05, 0) is 25.1 Å². The number of hydrogen-bond donors (Lipinski definition) is 2. The molecule has 0 bridgehead atoms. The van der Waals surface area contributed by atoms with Crippen molar-refractivity contribution in [1.29, 1.82) is 0 Å². The largest absolute Gasteiger partial charge is 0.573 e. The third-order valence-electron chi connectivity index (χ3n) is 3.34. The molecule has 1 aliphatic rings. The van der Waals surface area contributed by atoms with E-state index in [4.69, 9.17) is 0 Å². The van der Waals surface area contributed by atoms with Gasteiger partial charge in [0.25, 0.3) is 0 Å². The molecule has 1 unspecified atom stereocenters. The van der Waals surface area contributed by atoms with Crippen LogP contribution in [0.3, 0.4) is 0 Å². The van der Waals surface area contributed by atoms with E-state index in [1.807, 2.05) is 6.07 Å². The molecule has 6 heteroatoms. The number of anilines is 1. The second-order valence-electron chi connectivity index (χ2n) is 5.37. The molecule has 1 aromatic carbocycles. The fraction of sp³-hybridized carbons (Fsp3) is 0.538. The molecular weight excluding hydrogens is 257 g/mol. The number of halogens is 3. The van der Waals surface area contributed by atoms with E-state index >= 15 is 0 Å². The van der Waals surface area contributed by atoms with Crippen LogP contribution in [0.15, 0.2) is 18.2 Å². The number of ether oxygens (including phenoxy) is 1. The van der Waals surface area contributed by atoms with Gasteiger partial charge in [0.1, 0.15) is 0 Å². The molecule has 0 fully saturated rings. The molecule has 106 valence electrons. The molecule has 1 atom stereocenters. The van der Waals surface area contributed by atoms with Crippen LogP contribution >= 0.6 is 0 Å². The topological polar surface area (TPSA) is 33.3 Å². The van der Waals surface area contributed by atoms with Crippen molar-refractivity contribution in [1.82, 2.24) is 5.32 Å². The molecule has 0 saturated carbocycles. The Labute approximate surface area is 110 Å². The minimum absolute atomic E-state index is 0.0986. The monoisotopic (exact) mass is 274 g/mol. The van der Waals surface area contributed by atoms with Crippen molar-refractivity contribution in [3.05, 3.63) is 23.8 Å². The number of benzene rings is 1. The van der Waals surface area contributed by atoms with Crippen molar-refractivity contribution in [3.63, 3.8) is 0 Å². The highest BCUT2D eigenvalue weighted by atomic mass is 19.4. The summed E-state index contributed by atoms with van der Waals surface area (Å²) >= 11 is 0. The van der Waals surface area contributed by atoms with Crippen molar-refractivity contribution in [3.8, 4) is 5.75 Å². The molecular formula is C13H17F3N2O. The summed E-state index contributed by atoms with van der Waals surface area (Å²) in [6.07, 6.45) is -4.12. The van der Waals surface area contributed by atoms with Gasteiger partial charge >= 0.3 is 6.36 Å². The Balaban J connectivity index is 2.38. The van der Waals surface area contributed by atoms with E-state index in [2.05, 4.69) is 29.2 Å². The minimum atomic E-state index is -4.68. The van der Waals surface area contributed by atoms with Gasteiger partial charge in [0, 0.05) is 5.41 Å². The SMILES string of the molecule is CNC1Nc2c(cccc2OC(F)(F)F)CC1(C)C. The quantitative estimate of drug-likeness (QED) is 0.869. The van der Waals surface area contributed by atoms with Crippen LogP contribution < -0.4 is 15.4 Å². The summed E-state index contributed by atoms with van der Waals surface area (Å²) in [7, 11) is 1.78. The Kier molecular flexibility index (Phi) is 3.38. The number of nitrogens with one attached hydrogen (secondary N) is 2. The van der Waals surface area contributed by atoms with Crippen molar-refractivity contribution < 1.29 is 17.9 Å². The summed E-state index contributed by atoms with van der Waals surface area (Å²) in [6, 6.07) is 4.72. The van der Waals surface area contributed by atoms with Crippen LogP contribution in [0.1, 0.15) is 19.4 Å². The van der Waals surface area contributed by atoms with Gasteiger partial charge in [-0.15, -0.1) is 13.2 Å². The molecule has 0 amide bonds. The van der Waals surface area contributed by atoms with Crippen LogP contribution in [0.2, 0.25) is 0 Å². The molecule has 1 heterocycles. The second kappa shape index (κ2) is 4.59. The number of hydrogen-bond acceptors (Lipinski definition) is 3. The zero-order valence-electron chi connectivity index (χ0n) is 11.1. The van der Waals surface area contributed by atoms with Crippen molar-refractivity contribution in [2.75, 3.05) is 12.4 Å². The van der Waals surface area contributed by atoms with Crippen molar-refractivity contribution >= 4 is 5.69 Å². The van der Waals surface area contributed by atoms with E-state index in [-0.39, 0.29) is 17.3 Å².